The Kier molecular flexibility index (Phi) is 7.40. The Bertz CT molecular complexity index is 3500. The van der Waals surface area contributed by atoms with Gasteiger partial charge in [0.15, 0.2) is 5.58 Å². The Labute approximate surface area is 338 Å². The van der Waals surface area contributed by atoms with Crippen molar-refractivity contribution in [3.63, 3.8) is 0 Å². The molecular weight excluding hydrogens is 727 g/mol. The molecule has 0 atom stereocenters. The summed E-state index contributed by atoms with van der Waals surface area (Å²) in [5.74, 6) is 0. The molecule has 0 saturated heterocycles. The van der Waals surface area contributed by atoms with Crippen LogP contribution in [-0.2, 0) is 0 Å². The second-order valence-electron chi connectivity index (χ2n) is 14.8. The van der Waals surface area contributed by atoms with Crippen LogP contribution < -0.4 is 4.90 Å². The molecule has 12 rings (SSSR count). The molecule has 9 aromatic carbocycles. The van der Waals surface area contributed by atoms with Crippen LogP contribution in [0.5, 0.6) is 0 Å². The van der Waals surface area contributed by atoms with Crippen molar-refractivity contribution in [1.29, 1.82) is 0 Å². The van der Waals surface area contributed by atoms with Gasteiger partial charge in [0.05, 0.1) is 5.69 Å². The van der Waals surface area contributed by atoms with E-state index in [-0.39, 0.29) is 0 Å². The van der Waals surface area contributed by atoms with Crippen LogP contribution in [-0.4, -0.2) is 0 Å². The molecule has 3 nitrogen and oxygen atoms in total. The molecule has 0 saturated carbocycles. The Hall–Kier alpha value is -7.40. The van der Waals surface area contributed by atoms with Crippen molar-refractivity contribution in [2.24, 2.45) is 0 Å². The summed E-state index contributed by atoms with van der Waals surface area (Å²) < 4.78 is 15.8. The number of hydrogen-bond acceptors (Lipinski definition) is 4. The van der Waals surface area contributed by atoms with E-state index in [1.807, 2.05) is 17.4 Å². The van der Waals surface area contributed by atoms with Crippen LogP contribution in [0.1, 0.15) is 0 Å². The monoisotopic (exact) mass is 759 g/mol. The first-order valence-corrected chi connectivity index (χ1v) is 20.4. The highest BCUT2D eigenvalue weighted by atomic mass is 32.1. The quantitative estimate of drug-likeness (QED) is 0.169. The van der Waals surface area contributed by atoms with E-state index in [2.05, 4.69) is 199 Å². The molecule has 58 heavy (non-hydrogen) atoms. The van der Waals surface area contributed by atoms with Crippen LogP contribution in [0.25, 0.3) is 97.4 Å². The molecule has 0 amide bonds. The maximum atomic E-state index is 7.00. The lowest BCUT2D eigenvalue weighted by Gasteiger charge is -2.26. The van der Waals surface area contributed by atoms with E-state index in [0.717, 1.165) is 72.2 Å². The number of rotatable bonds is 6. The summed E-state index contributed by atoms with van der Waals surface area (Å²) in [6, 6.07) is 71.2. The summed E-state index contributed by atoms with van der Waals surface area (Å²) >= 11 is 1.85. The van der Waals surface area contributed by atoms with E-state index < -0.39 is 0 Å². The average molecular weight is 760 g/mol. The van der Waals surface area contributed by atoms with E-state index in [4.69, 9.17) is 8.83 Å². The largest absolute Gasteiger partial charge is 0.456 e. The highest BCUT2D eigenvalue weighted by Gasteiger charge is 2.22. The number of hydrogen-bond donors (Lipinski definition) is 0. The second kappa shape index (κ2) is 13.1. The molecule has 0 fully saturated rings. The van der Waals surface area contributed by atoms with Crippen molar-refractivity contribution < 1.29 is 8.83 Å². The highest BCUT2D eigenvalue weighted by Crippen LogP contribution is 2.48. The standard InChI is InChI=1S/C54H33NO2S/c1-3-13-34(14-4-1)35-27-29-38(30-28-35)55(47-25-12-23-43-42-22-10-20-40(51(42)57-52(43)47)36-15-5-2-6-16-36)39-18-9-17-37(33-39)41-21-11-24-44-45-31-32-49-50(54(45)58-53(41)44)46-19-7-8-26-48(46)56-49/h1-33H. The molecule has 272 valence electrons. The van der Waals surface area contributed by atoms with Crippen LogP contribution in [0.2, 0.25) is 0 Å². The summed E-state index contributed by atoms with van der Waals surface area (Å²) in [6.45, 7) is 0. The normalized spacial score (nSPS) is 11.8. The minimum Gasteiger partial charge on any atom is -0.456 e. The smallest absolute Gasteiger partial charge is 0.159 e. The van der Waals surface area contributed by atoms with Gasteiger partial charge >= 0.3 is 0 Å². The maximum Gasteiger partial charge on any atom is 0.159 e. The first-order valence-electron chi connectivity index (χ1n) is 19.6. The van der Waals surface area contributed by atoms with Gasteiger partial charge in [-0.05, 0) is 76.3 Å². The third-order valence-electron chi connectivity index (χ3n) is 11.5. The lowest BCUT2D eigenvalue weighted by Crippen LogP contribution is -2.10. The Morgan fingerprint density at radius 2 is 0.966 bits per heavy atom. The molecule has 0 bridgehead atoms. The highest BCUT2D eigenvalue weighted by molar-refractivity contribution is 7.27. The zero-order valence-corrected chi connectivity index (χ0v) is 32.0. The van der Waals surface area contributed by atoms with Crippen molar-refractivity contribution in [3.05, 3.63) is 200 Å². The van der Waals surface area contributed by atoms with E-state index in [9.17, 15) is 0 Å². The first kappa shape index (κ1) is 32.8. The number of nitrogens with zero attached hydrogens (tertiary/aromatic N) is 1. The molecule has 0 spiro atoms. The van der Waals surface area contributed by atoms with Gasteiger partial charge in [0.2, 0.25) is 0 Å². The molecule has 0 aliphatic heterocycles. The van der Waals surface area contributed by atoms with Gasteiger partial charge in [-0.25, -0.2) is 0 Å². The SMILES string of the molecule is c1ccc(-c2ccc(N(c3cccc(-c4cccc5c4sc4c5ccc5oc6ccccc6c54)c3)c3cccc4c3oc3c(-c5ccccc5)cccc34)cc2)cc1. The number of thiophene rings is 1. The van der Waals surface area contributed by atoms with Crippen molar-refractivity contribution in [3.8, 4) is 33.4 Å². The minimum atomic E-state index is 0.849. The number of fused-ring (bicyclic) bond motifs is 10. The van der Waals surface area contributed by atoms with Gasteiger partial charge in [-0.15, -0.1) is 11.3 Å². The molecular formula is C54H33NO2S. The van der Waals surface area contributed by atoms with Gasteiger partial charge in [0.1, 0.15) is 16.7 Å². The molecule has 0 aliphatic rings. The van der Waals surface area contributed by atoms with Gasteiger partial charge in [-0.3, -0.25) is 0 Å². The minimum absolute atomic E-state index is 0.849. The number of para-hydroxylation sites is 3. The molecule has 0 unspecified atom stereocenters. The van der Waals surface area contributed by atoms with Crippen LogP contribution >= 0.6 is 11.3 Å². The van der Waals surface area contributed by atoms with Crippen molar-refractivity contribution >= 4 is 92.4 Å². The number of furan rings is 2. The Morgan fingerprint density at radius 1 is 0.345 bits per heavy atom. The number of anilines is 3. The van der Waals surface area contributed by atoms with Gasteiger partial charge in [0.25, 0.3) is 0 Å². The van der Waals surface area contributed by atoms with Gasteiger partial charge in [-0.2, -0.15) is 0 Å². The summed E-state index contributed by atoms with van der Waals surface area (Å²) in [5, 5.41) is 7.03. The van der Waals surface area contributed by atoms with Crippen LogP contribution in [0, 0.1) is 0 Å². The Morgan fingerprint density at radius 3 is 1.79 bits per heavy atom. The fourth-order valence-electron chi connectivity index (χ4n) is 8.79. The third kappa shape index (κ3) is 5.12. The van der Waals surface area contributed by atoms with Crippen LogP contribution in [0.3, 0.4) is 0 Å². The molecule has 0 N–H and O–H groups in total. The number of benzene rings is 9. The average Bonchev–Trinajstić information content (AvgIpc) is 3.99. The third-order valence-corrected chi connectivity index (χ3v) is 12.8. The first-order chi connectivity index (χ1) is 28.8. The van der Waals surface area contributed by atoms with Crippen LogP contribution in [0.15, 0.2) is 209 Å². The molecule has 3 heterocycles. The lowest BCUT2D eigenvalue weighted by molar-refractivity contribution is 0.669. The fourth-order valence-corrected chi connectivity index (χ4v) is 10.2. The summed E-state index contributed by atoms with van der Waals surface area (Å²) in [6.07, 6.45) is 0. The lowest BCUT2D eigenvalue weighted by atomic mass is 10.0. The second-order valence-corrected chi connectivity index (χ2v) is 15.8. The predicted octanol–water partition coefficient (Wildman–Crippen LogP) is 16.3. The van der Waals surface area contributed by atoms with Crippen molar-refractivity contribution in [1.82, 2.24) is 0 Å². The Balaban J connectivity index is 1.06. The molecule has 12 aromatic rings. The molecule has 0 aliphatic carbocycles. The maximum absolute atomic E-state index is 7.00. The molecule has 4 heteroatoms. The summed E-state index contributed by atoms with van der Waals surface area (Å²) in [7, 11) is 0. The molecule has 0 radical (unpaired) electrons. The van der Waals surface area contributed by atoms with E-state index in [0.29, 0.717) is 0 Å². The zero-order valence-electron chi connectivity index (χ0n) is 31.2. The predicted molar refractivity (Wildman–Crippen MR) is 245 cm³/mol. The fraction of sp³-hybridized carbons (Fsp3) is 0. The summed E-state index contributed by atoms with van der Waals surface area (Å²) in [4.78, 5) is 2.34. The van der Waals surface area contributed by atoms with Crippen molar-refractivity contribution in [2.45, 2.75) is 0 Å². The molecule has 3 aromatic heterocycles. The van der Waals surface area contributed by atoms with E-state index in [1.54, 1.807) is 0 Å². The summed E-state index contributed by atoms with van der Waals surface area (Å²) in [5.41, 5.74) is 13.6. The van der Waals surface area contributed by atoms with Gasteiger partial charge < -0.3 is 13.7 Å². The van der Waals surface area contributed by atoms with Crippen LogP contribution in [0.4, 0.5) is 17.1 Å². The van der Waals surface area contributed by atoms with Gasteiger partial charge in [-0.1, -0.05) is 152 Å². The topological polar surface area (TPSA) is 29.5 Å². The van der Waals surface area contributed by atoms with E-state index in [1.165, 1.54) is 42.2 Å². The van der Waals surface area contributed by atoms with Gasteiger partial charge in [0, 0.05) is 58.7 Å². The zero-order chi connectivity index (χ0) is 38.2. The van der Waals surface area contributed by atoms with E-state index >= 15 is 0 Å². The van der Waals surface area contributed by atoms with Crippen molar-refractivity contribution in [2.75, 3.05) is 4.90 Å².